The Labute approximate surface area is 128 Å². The van der Waals surface area contributed by atoms with Crippen LogP contribution in [0, 0.1) is 0 Å². The standard InChI is InChI=1S/C16H13N3O2S/c17-22(20,21)15-6-4-14(5-7-15)19-11-12-3-8-16-13(10-12)2-1-9-18-16/h1-11H,(H2,17,20,21). The lowest BCUT2D eigenvalue weighted by atomic mass is 10.1. The molecule has 0 bridgehead atoms. The molecular weight excluding hydrogens is 298 g/mol. The minimum atomic E-state index is -3.67. The number of nitrogens with zero attached hydrogens (tertiary/aromatic N) is 2. The van der Waals surface area contributed by atoms with E-state index in [9.17, 15) is 8.42 Å². The molecule has 1 heterocycles. The molecule has 3 rings (SSSR count). The summed E-state index contributed by atoms with van der Waals surface area (Å²) in [5, 5.41) is 6.09. The van der Waals surface area contributed by atoms with E-state index < -0.39 is 10.0 Å². The second-order valence-corrected chi connectivity index (χ2v) is 6.31. The number of rotatable bonds is 3. The highest BCUT2D eigenvalue weighted by Crippen LogP contribution is 2.17. The highest BCUT2D eigenvalue weighted by atomic mass is 32.2. The van der Waals surface area contributed by atoms with Crippen molar-refractivity contribution in [3.05, 3.63) is 66.4 Å². The first-order valence-electron chi connectivity index (χ1n) is 6.54. The van der Waals surface area contributed by atoms with Crippen molar-refractivity contribution >= 4 is 32.8 Å². The van der Waals surface area contributed by atoms with Crippen molar-refractivity contribution in [2.75, 3.05) is 0 Å². The van der Waals surface area contributed by atoms with E-state index in [1.807, 2.05) is 30.3 Å². The van der Waals surface area contributed by atoms with Crippen LogP contribution in [0.15, 0.2) is 70.7 Å². The van der Waals surface area contributed by atoms with Gasteiger partial charge in [-0.2, -0.15) is 0 Å². The smallest absolute Gasteiger partial charge is 0.238 e. The molecule has 2 aromatic carbocycles. The summed E-state index contributed by atoms with van der Waals surface area (Å²) in [4.78, 5) is 8.66. The van der Waals surface area contributed by atoms with Crippen molar-refractivity contribution in [2.24, 2.45) is 10.1 Å². The second kappa shape index (κ2) is 5.67. The number of sulfonamides is 1. The molecule has 0 saturated heterocycles. The first kappa shape index (κ1) is 14.4. The molecule has 0 unspecified atom stereocenters. The Bertz CT molecular complexity index is 949. The van der Waals surface area contributed by atoms with Crippen molar-refractivity contribution in [1.82, 2.24) is 4.98 Å². The van der Waals surface area contributed by atoms with Gasteiger partial charge in [-0.05, 0) is 48.0 Å². The van der Waals surface area contributed by atoms with Crippen LogP contribution in [0.2, 0.25) is 0 Å². The molecule has 110 valence electrons. The molecule has 0 amide bonds. The van der Waals surface area contributed by atoms with E-state index in [4.69, 9.17) is 5.14 Å². The second-order valence-electron chi connectivity index (χ2n) is 4.75. The molecule has 0 atom stereocenters. The highest BCUT2D eigenvalue weighted by Gasteiger charge is 2.05. The maximum absolute atomic E-state index is 11.2. The van der Waals surface area contributed by atoms with Crippen molar-refractivity contribution in [3.63, 3.8) is 0 Å². The van der Waals surface area contributed by atoms with Crippen LogP contribution in [0.25, 0.3) is 10.9 Å². The van der Waals surface area contributed by atoms with Gasteiger partial charge in [0.2, 0.25) is 10.0 Å². The maximum atomic E-state index is 11.2. The third kappa shape index (κ3) is 3.19. The van der Waals surface area contributed by atoms with Crippen LogP contribution in [-0.2, 0) is 10.0 Å². The molecule has 5 nitrogen and oxygen atoms in total. The number of fused-ring (bicyclic) bond motifs is 1. The van der Waals surface area contributed by atoms with E-state index in [1.165, 1.54) is 12.1 Å². The Balaban J connectivity index is 1.86. The monoisotopic (exact) mass is 311 g/mol. The number of hydrogen-bond donors (Lipinski definition) is 1. The van der Waals surface area contributed by atoms with Crippen LogP contribution in [0.5, 0.6) is 0 Å². The zero-order chi connectivity index (χ0) is 15.6. The third-order valence-corrected chi connectivity index (χ3v) is 4.08. The largest absolute Gasteiger partial charge is 0.256 e. The Kier molecular flexibility index (Phi) is 3.70. The van der Waals surface area contributed by atoms with E-state index in [-0.39, 0.29) is 4.90 Å². The number of hydrogen-bond acceptors (Lipinski definition) is 4. The molecule has 2 N–H and O–H groups in total. The Hall–Kier alpha value is -2.57. The number of primary sulfonamides is 1. The minimum Gasteiger partial charge on any atom is -0.256 e. The Morgan fingerprint density at radius 3 is 2.55 bits per heavy atom. The molecule has 0 aliphatic rings. The van der Waals surface area contributed by atoms with Crippen LogP contribution < -0.4 is 5.14 Å². The molecule has 0 fully saturated rings. The van der Waals surface area contributed by atoms with Crippen molar-refractivity contribution < 1.29 is 8.42 Å². The number of aromatic nitrogens is 1. The van der Waals surface area contributed by atoms with Crippen molar-refractivity contribution in [3.8, 4) is 0 Å². The quantitative estimate of drug-likeness (QED) is 0.754. The lowest BCUT2D eigenvalue weighted by Gasteiger charge is -1.99. The molecular formula is C16H13N3O2S. The van der Waals surface area contributed by atoms with Gasteiger partial charge in [0.1, 0.15) is 0 Å². The normalized spacial score (nSPS) is 12.0. The van der Waals surface area contributed by atoms with E-state index >= 15 is 0 Å². The topological polar surface area (TPSA) is 85.4 Å². The van der Waals surface area contributed by atoms with E-state index in [1.54, 1.807) is 24.5 Å². The van der Waals surface area contributed by atoms with E-state index in [0.29, 0.717) is 5.69 Å². The predicted octanol–water partition coefficient (Wildman–Crippen LogP) is 2.63. The van der Waals surface area contributed by atoms with Crippen molar-refractivity contribution in [2.45, 2.75) is 4.90 Å². The SMILES string of the molecule is NS(=O)(=O)c1ccc(N=Cc2ccc3ncccc3c2)cc1. The molecule has 0 spiro atoms. The zero-order valence-corrected chi connectivity index (χ0v) is 12.4. The average Bonchev–Trinajstić information content (AvgIpc) is 2.52. The molecule has 3 aromatic rings. The summed E-state index contributed by atoms with van der Waals surface area (Å²) < 4.78 is 22.4. The lowest BCUT2D eigenvalue weighted by molar-refractivity contribution is 0.598. The summed E-state index contributed by atoms with van der Waals surface area (Å²) in [5.74, 6) is 0. The van der Waals surface area contributed by atoms with Gasteiger partial charge in [-0.15, -0.1) is 0 Å². The van der Waals surface area contributed by atoms with Crippen LogP contribution in [0.3, 0.4) is 0 Å². The van der Waals surface area contributed by atoms with Crippen LogP contribution in [0.1, 0.15) is 5.56 Å². The lowest BCUT2D eigenvalue weighted by Crippen LogP contribution is -2.11. The number of aliphatic imine (C=N–C) groups is 1. The van der Waals surface area contributed by atoms with E-state index in [0.717, 1.165) is 16.5 Å². The average molecular weight is 311 g/mol. The minimum absolute atomic E-state index is 0.0724. The molecule has 0 aliphatic carbocycles. The van der Waals surface area contributed by atoms with Gasteiger partial charge in [0.25, 0.3) is 0 Å². The molecule has 1 aromatic heterocycles. The summed E-state index contributed by atoms with van der Waals surface area (Å²) >= 11 is 0. The summed E-state index contributed by atoms with van der Waals surface area (Å²) in [6.07, 6.45) is 3.47. The van der Waals surface area contributed by atoms with E-state index in [2.05, 4.69) is 9.98 Å². The van der Waals surface area contributed by atoms with Gasteiger partial charge in [-0.3, -0.25) is 9.98 Å². The summed E-state index contributed by atoms with van der Waals surface area (Å²) in [6.45, 7) is 0. The first-order valence-corrected chi connectivity index (χ1v) is 8.09. The summed E-state index contributed by atoms with van der Waals surface area (Å²) in [7, 11) is -3.67. The van der Waals surface area contributed by atoms with Gasteiger partial charge in [-0.25, -0.2) is 13.6 Å². The molecule has 6 heteroatoms. The fourth-order valence-corrected chi connectivity index (χ4v) is 2.56. The molecule has 0 aliphatic heterocycles. The molecule has 0 saturated carbocycles. The van der Waals surface area contributed by atoms with Crippen LogP contribution in [0.4, 0.5) is 5.69 Å². The van der Waals surface area contributed by atoms with Gasteiger partial charge in [0.15, 0.2) is 0 Å². The Morgan fingerprint density at radius 2 is 1.82 bits per heavy atom. The number of benzene rings is 2. The van der Waals surface area contributed by atoms with Crippen LogP contribution in [-0.4, -0.2) is 19.6 Å². The first-order chi connectivity index (χ1) is 10.5. The predicted molar refractivity (Wildman–Crippen MR) is 86.8 cm³/mol. The van der Waals surface area contributed by atoms with Gasteiger partial charge in [0, 0.05) is 17.8 Å². The Morgan fingerprint density at radius 1 is 1.05 bits per heavy atom. The summed E-state index contributed by atoms with van der Waals surface area (Å²) in [6, 6.07) is 15.8. The number of pyridine rings is 1. The van der Waals surface area contributed by atoms with Crippen molar-refractivity contribution in [1.29, 1.82) is 0 Å². The number of nitrogens with two attached hydrogens (primary N) is 1. The molecule has 0 radical (unpaired) electrons. The zero-order valence-electron chi connectivity index (χ0n) is 11.5. The fourth-order valence-electron chi connectivity index (χ4n) is 2.05. The maximum Gasteiger partial charge on any atom is 0.238 e. The van der Waals surface area contributed by atoms with Gasteiger partial charge in [0.05, 0.1) is 16.1 Å². The summed E-state index contributed by atoms with van der Waals surface area (Å²) in [5.41, 5.74) is 2.52. The van der Waals surface area contributed by atoms with Gasteiger partial charge < -0.3 is 0 Å². The fraction of sp³-hybridized carbons (Fsp3) is 0. The third-order valence-electron chi connectivity index (χ3n) is 3.16. The highest BCUT2D eigenvalue weighted by molar-refractivity contribution is 7.89. The van der Waals surface area contributed by atoms with Gasteiger partial charge in [-0.1, -0.05) is 12.1 Å². The molecule has 22 heavy (non-hydrogen) atoms. The van der Waals surface area contributed by atoms with Gasteiger partial charge >= 0.3 is 0 Å². The van der Waals surface area contributed by atoms with Crippen LogP contribution >= 0.6 is 0 Å².